The van der Waals surface area contributed by atoms with Gasteiger partial charge in [-0.2, -0.15) is 5.10 Å². The fourth-order valence-electron chi connectivity index (χ4n) is 2.25. The number of aliphatic hydroxyl groups excluding tert-OH is 1. The predicted octanol–water partition coefficient (Wildman–Crippen LogP) is 1.75. The summed E-state index contributed by atoms with van der Waals surface area (Å²) in [5.74, 6) is -0.254. The lowest BCUT2D eigenvalue weighted by Crippen LogP contribution is -2.45. The molecule has 21 heavy (non-hydrogen) atoms. The third-order valence-corrected chi connectivity index (χ3v) is 3.01. The van der Waals surface area contributed by atoms with Crippen LogP contribution in [0.3, 0.4) is 0 Å². The van der Waals surface area contributed by atoms with Crippen LogP contribution in [0.25, 0.3) is 11.4 Å². The quantitative estimate of drug-likeness (QED) is 0.781. The molecule has 0 aliphatic rings. The maximum absolute atomic E-state index is 12.2. The average Bonchev–Trinajstić information content (AvgIpc) is 2.87. The zero-order valence-corrected chi connectivity index (χ0v) is 12.4. The summed E-state index contributed by atoms with van der Waals surface area (Å²) < 4.78 is 0. The zero-order chi connectivity index (χ0) is 15.5. The minimum absolute atomic E-state index is 0.254. The molecular weight excluding hydrogens is 268 g/mol. The predicted molar refractivity (Wildman–Crippen MR) is 79.7 cm³/mol. The number of aliphatic hydroxyl groups is 1. The Labute approximate surface area is 123 Å². The molecule has 0 fully saturated rings. The molecular formula is C15H20N4O2. The van der Waals surface area contributed by atoms with Crippen LogP contribution in [0.5, 0.6) is 0 Å². The molecule has 6 heteroatoms. The highest BCUT2D eigenvalue weighted by molar-refractivity contribution is 5.93. The standard InChI is InChI=1S/C15H20N4O2/c1-10(20)9-15(2,3)17-14(21)13-8-12(18-19-13)11-6-4-5-7-16-11/h4-8,10,20H,9H2,1-3H3,(H,17,21)(H,18,19)/t10-/m0/s1. The van der Waals surface area contributed by atoms with Gasteiger partial charge in [-0.1, -0.05) is 6.07 Å². The Kier molecular flexibility index (Phi) is 4.37. The molecule has 1 amide bonds. The molecule has 0 aromatic carbocycles. The number of carbonyl (C=O) groups excluding carboxylic acids is 1. The molecule has 0 aliphatic heterocycles. The Hall–Kier alpha value is -2.21. The Morgan fingerprint density at radius 2 is 2.19 bits per heavy atom. The van der Waals surface area contributed by atoms with E-state index in [4.69, 9.17) is 0 Å². The average molecular weight is 288 g/mol. The first-order valence-corrected chi connectivity index (χ1v) is 6.85. The van der Waals surface area contributed by atoms with Crippen molar-refractivity contribution in [2.75, 3.05) is 0 Å². The number of nitrogens with zero attached hydrogens (tertiary/aromatic N) is 2. The smallest absolute Gasteiger partial charge is 0.269 e. The van der Waals surface area contributed by atoms with Gasteiger partial charge in [0.05, 0.1) is 11.8 Å². The summed E-state index contributed by atoms with van der Waals surface area (Å²) in [6, 6.07) is 7.18. The molecule has 0 saturated carbocycles. The van der Waals surface area contributed by atoms with Crippen molar-refractivity contribution < 1.29 is 9.90 Å². The second-order valence-electron chi connectivity index (χ2n) is 5.77. The lowest BCUT2D eigenvalue weighted by atomic mass is 9.97. The summed E-state index contributed by atoms with van der Waals surface area (Å²) in [7, 11) is 0. The van der Waals surface area contributed by atoms with Gasteiger partial charge in [-0.15, -0.1) is 0 Å². The van der Waals surface area contributed by atoms with Gasteiger partial charge in [0.15, 0.2) is 0 Å². The summed E-state index contributed by atoms with van der Waals surface area (Å²) >= 11 is 0. The molecule has 0 aliphatic carbocycles. The largest absolute Gasteiger partial charge is 0.393 e. The van der Waals surface area contributed by atoms with Gasteiger partial charge in [-0.3, -0.25) is 14.9 Å². The monoisotopic (exact) mass is 288 g/mol. The third kappa shape index (κ3) is 4.13. The molecule has 0 unspecified atom stereocenters. The van der Waals surface area contributed by atoms with Crippen molar-refractivity contribution >= 4 is 5.91 Å². The van der Waals surface area contributed by atoms with Crippen LogP contribution in [0.4, 0.5) is 0 Å². The van der Waals surface area contributed by atoms with E-state index in [9.17, 15) is 9.90 Å². The summed E-state index contributed by atoms with van der Waals surface area (Å²) in [5.41, 5.74) is 1.20. The van der Waals surface area contributed by atoms with Gasteiger partial charge in [-0.25, -0.2) is 0 Å². The number of pyridine rings is 1. The molecule has 6 nitrogen and oxygen atoms in total. The van der Waals surface area contributed by atoms with Gasteiger partial charge in [0.2, 0.25) is 0 Å². The Bertz CT molecular complexity index is 605. The fraction of sp³-hybridized carbons (Fsp3) is 0.400. The summed E-state index contributed by atoms with van der Waals surface area (Å²) in [4.78, 5) is 16.4. The van der Waals surface area contributed by atoms with Gasteiger partial charge in [0, 0.05) is 11.7 Å². The molecule has 0 radical (unpaired) electrons. The van der Waals surface area contributed by atoms with E-state index in [-0.39, 0.29) is 5.91 Å². The van der Waals surface area contributed by atoms with E-state index in [1.807, 2.05) is 32.0 Å². The minimum atomic E-state index is -0.498. The molecule has 2 aromatic rings. The number of H-pyrrole nitrogens is 1. The first kappa shape index (κ1) is 15.2. The topological polar surface area (TPSA) is 90.9 Å². The van der Waals surface area contributed by atoms with Gasteiger partial charge in [-0.05, 0) is 45.4 Å². The molecule has 112 valence electrons. The minimum Gasteiger partial charge on any atom is -0.393 e. The van der Waals surface area contributed by atoms with Crippen molar-refractivity contribution in [3.05, 3.63) is 36.2 Å². The molecule has 1 atom stereocenters. The van der Waals surface area contributed by atoms with Crippen LogP contribution in [-0.4, -0.2) is 37.8 Å². The van der Waals surface area contributed by atoms with Crippen LogP contribution in [0.2, 0.25) is 0 Å². The number of hydrogen-bond donors (Lipinski definition) is 3. The van der Waals surface area contributed by atoms with Crippen molar-refractivity contribution in [3.63, 3.8) is 0 Å². The molecule has 2 rings (SSSR count). The van der Waals surface area contributed by atoms with E-state index in [0.717, 1.165) is 0 Å². The summed E-state index contributed by atoms with van der Waals surface area (Å²) in [5, 5.41) is 19.1. The molecule has 3 N–H and O–H groups in total. The highest BCUT2D eigenvalue weighted by atomic mass is 16.3. The third-order valence-electron chi connectivity index (χ3n) is 3.01. The number of aromatic nitrogens is 3. The van der Waals surface area contributed by atoms with Crippen LogP contribution in [0.1, 0.15) is 37.7 Å². The van der Waals surface area contributed by atoms with Crippen molar-refractivity contribution in [2.45, 2.75) is 38.8 Å². The van der Waals surface area contributed by atoms with Crippen LogP contribution in [-0.2, 0) is 0 Å². The Morgan fingerprint density at radius 1 is 1.43 bits per heavy atom. The van der Waals surface area contributed by atoms with Gasteiger partial charge in [0.1, 0.15) is 11.4 Å². The van der Waals surface area contributed by atoms with Crippen molar-refractivity contribution in [1.82, 2.24) is 20.5 Å². The van der Waals surface area contributed by atoms with E-state index >= 15 is 0 Å². The first-order chi connectivity index (χ1) is 9.87. The number of carbonyl (C=O) groups is 1. The van der Waals surface area contributed by atoms with Crippen LogP contribution in [0, 0.1) is 0 Å². The van der Waals surface area contributed by atoms with E-state index < -0.39 is 11.6 Å². The molecule has 0 saturated heterocycles. The van der Waals surface area contributed by atoms with Crippen LogP contribution >= 0.6 is 0 Å². The van der Waals surface area contributed by atoms with Crippen molar-refractivity contribution in [3.8, 4) is 11.4 Å². The molecule has 0 bridgehead atoms. The zero-order valence-electron chi connectivity index (χ0n) is 12.4. The number of amides is 1. The van der Waals surface area contributed by atoms with Crippen molar-refractivity contribution in [1.29, 1.82) is 0 Å². The molecule has 2 heterocycles. The van der Waals surface area contributed by atoms with E-state index in [2.05, 4.69) is 20.5 Å². The molecule has 2 aromatic heterocycles. The van der Waals surface area contributed by atoms with Crippen LogP contribution in [0.15, 0.2) is 30.5 Å². The Balaban J connectivity index is 2.09. The number of hydrogen-bond acceptors (Lipinski definition) is 4. The number of nitrogens with one attached hydrogen (secondary N) is 2. The van der Waals surface area contributed by atoms with E-state index in [1.54, 1.807) is 19.2 Å². The first-order valence-electron chi connectivity index (χ1n) is 6.85. The fourth-order valence-corrected chi connectivity index (χ4v) is 2.25. The van der Waals surface area contributed by atoms with E-state index in [1.165, 1.54) is 0 Å². The summed E-state index contributed by atoms with van der Waals surface area (Å²) in [6.45, 7) is 5.44. The maximum atomic E-state index is 12.2. The van der Waals surface area contributed by atoms with E-state index in [0.29, 0.717) is 23.5 Å². The number of aromatic amines is 1. The lowest BCUT2D eigenvalue weighted by molar-refractivity contribution is 0.0864. The number of rotatable bonds is 5. The van der Waals surface area contributed by atoms with Crippen LogP contribution < -0.4 is 5.32 Å². The Morgan fingerprint density at radius 3 is 2.81 bits per heavy atom. The summed E-state index contributed by atoms with van der Waals surface area (Å²) in [6.07, 6.45) is 1.67. The van der Waals surface area contributed by atoms with Gasteiger partial charge in [0.25, 0.3) is 5.91 Å². The van der Waals surface area contributed by atoms with Gasteiger partial charge >= 0.3 is 0 Å². The van der Waals surface area contributed by atoms with Gasteiger partial charge < -0.3 is 10.4 Å². The second kappa shape index (κ2) is 6.05. The highest BCUT2D eigenvalue weighted by Gasteiger charge is 2.24. The second-order valence-corrected chi connectivity index (χ2v) is 5.77. The molecule has 0 spiro atoms. The normalized spacial score (nSPS) is 13.0. The highest BCUT2D eigenvalue weighted by Crippen LogP contribution is 2.16. The SMILES string of the molecule is C[C@H](O)CC(C)(C)NC(=O)c1cc(-c2ccccn2)n[nH]1. The lowest BCUT2D eigenvalue weighted by Gasteiger charge is -2.27. The maximum Gasteiger partial charge on any atom is 0.269 e. The van der Waals surface area contributed by atoms with Crippen molar-refractivity contribution in [2.24, 2.45) is 0 Å².